The first-order chi connectivity index (χ1) is 12.8. The van der Waals surface area contributed by atoms with Crippen molar-refractivity contribution in [1.29, 1.82) is 0 Å². The van der Waals surface area contributed by atoms with Gasteiger partial charge in [0.2, 0.25) is 10.0 Å². The summed E-state index contributed by atoms with van der Waals surface area (Å²) in [6.45, 7) is 1.78. The molecule has 6 nitrogen and oxygen atoms in total. The van der Waals surface area contributed by atoms with Gasteiger partial charge < -0.3 is 5.32 Å². The molecule has 0 atom stereocenters. The summed E-state index contributed by atoms with van der Waals surface area (Å²) in [5.41, 5.74) is 1.99. The molecule has 0 saturated carbocycles. The van der Waals surface area contributed by atoms with E-state index in [-0.39, 0.29) is 10.8 Å². The number of aromatic nitrogens is 1. The van der Waals surface area contributed by atoms with E-state index in [0.717, 1.165) is 14.9 Å². The standard InChI is InChI=1S/C19H19N3O3S2/c1-13-17(26-19(20-13)14-8-5-4-6-9-14)18(23)21-15-10-7-11-16(12-15)27(24,25)22(2)3/h4-12H,1-3H3,(H,21,23). The Balaban J connectivity index is 1.86. The molecule has 8 heteroatoms. The van der Waals surface area contributed by atoms with Gasteiger partial charge in [-0.1, -0.05) is 36.4 Å². The summed E-state index contributed by atoms with van der Waals surface area (Å²) in [7, 11) is -0.638. The monoisotopic (exact) mass is 401 g/mol. The Morgan fingerprint density at radius 3 is 2.44 bits per heavy atom. The number of carbonyl (C=O) groups is 1. The predicted octanol–water partition coefficient (Wildman–Crippen LogP) is 3.62. The summed E-state index contributed by atoms with van der Waals surface area (Å²) in [6, 6.07) is 15.8. The first-order valence-electron chi connectivity index (χ1n) is 8.16. The van der Waals surface area contributed by atoms with E-state index < -0.39 is 10.0 Å². The van der Waals surface area contributed by atoms with Crippen molar-refractivity contribution >= 4 is 33.0 Å². The lowest BCUT2D eigenvalue weighted by Crippen LogP contribution is -2.22. The topological polar surface area (TPSA) is 79.4 Å². The van der Waals surface area contributed by atoms with Crippen LogP contribution < -0.4 is 5.32 Å². The number of benzene rings is 2. The van der Waals surface area contributed by atoms with Gasteiger partial charge in [-0.25, -0.2) is 17.7 Å². The zero-order chi connectivity index (χ0) is 19.6. The molecule has 0 aliphatic carbocycles. The number of rotatable bonds is 5. The Morgan fingerprint density at radius 1 is 1.07 bits per heavy atom. The molecule has 1 N–H and O–H groups in total. The molecule has 0 spiro atoms. The first kappa shape index (κ1) is 19.2. The molecule has 0 bridgehead atoms. The Kier molecular flexibility index (Phi) is 5.41. The van der Waals surface area contributed by atoms with Gasteiger partial charge in [0.15, 0.2) is 0 Å². The van der Waals surface area contributed by atoms with E-state index >= 15 is 0 Å². The van der Waals surface area contributed by atoms with Crippen LogP contribution in [0.15, 0.2) is 59.5 Å². The van der Waals surface area contributed by atoms with E-state index in [4.69, 9.17) is 0 Å². The summed E-state index contributed by atoms with van der Waals surface area (Å²) in [6.07, 6.45) is 0. The summed E-state index contributed by atoms with van der Waals surface area (Å²) in [4.78, 5) is 17.8. The largest absolute Gasteiger partial charge is 0.321 e. The van der Waals surface area contributed by atoms with Crippen LogP contribution in [0.2, 0.25) is 0 Å². The van der Waals surface area contributed by atoms with Gasteiger partial charge in [-0.15, -0.1) is 11.3 Å². The normalized spacial score (nSPS) is 11.6. The van der Waals surface area contributed by atoms with Gasteiger partial charge in [-0.2, -0.15) is 0 Å². The number of nitrogens with one attached hydrogen (secondary N) is 1. The Bertz CT molecular complexity index is 1070. The molecule has 0 radical (unpaired) electrons. The zero-order valence-electron chi connectivity index (χ0n) is 15.1. The van der Waals surface area contributed by atoms with Gasteiger partial charge in [-0.05, 0) is 25.1 Å². The zero-order valence-corrected chi connectivity index (χ0v) is 16.8. The third-order valence-corrected chi connectivity index (χ3v) is 6.91. The number of thiazole rings is 1. The molecule has 1 amide bonds. The van der Waals surface area contributed by atoms with Gasteiger partial charge in [0.05, 0.1) is 10.6 Å². The third kappa shape index (κ3) is 4.08. The molecule has 27 heavy (non-hydrogen) atoms. The lowest BCUT2D eigenvalue weighted by Gasteiger charge is -2.12. The minimum atomic E-state index is -3.57. The molecule has 0 fully saturated rings. The van der Waals surface area contributed by atoms with Crippen molar-refractivity contribution in [2.75, 3.05) is 19.4 Å². The predicted molar refractivity (Wildman–Crippen MR) is 108 cm³/mol. The van der Waals surface area contributed by atoms with Crippen molar-refractivity contribution in [1.82, 2.24) is 9.29 Å². The Hall–Kier alpha value is -2.55. The van der Waals surface area contributed by atoms with E-state index in [1.54, 1.807) is 19.1 Å². The first-order valence-corrected chi connectivity index (χ1v) is 10.4. The Morgan fingerprint density at radius 2 is 1.78 bits per heavy atom. The number of hydrogen-bond acceptors (Lipinski definition) is 5. The van der Waals surface area contributed by atoms with Crippen molar-refractivity contribution in [2.45, 2.75) is 11.8 Å². The van der Waals surface area contributed by atoms with Gasteiger partial charge >= 0.3 is 0 Å². The van der Waals surface area contributed by atoms with E-state index in [9.17, 15) is 13.2 Å². The van der Waals surface area contributed by atoms with Crippen LogP contribution in [0.4, 0.5) is 5.69 Å². The average molecular weight is 402 g/mol. The van der Waals surface area contributed by atoms with Gasteiger partial charge in [-0.3, -0.25) is 4.79 Å². The average Bonchev–Trinajstić information content (AvgIpc) is 3.04. The van der Waals surface area contributed by atoms with Crippen molar-refractivity contribution < 1.29 is 13.2 Å². The van der Waals surface area contributed by atoms with Crippen LogP contribution in [-0.4, -0.2) is 37.7 Å². The molecular weight excluding hydrogens is 382 g/mol. The highest BCUT2D eigenvalue weighted by molar-refractivity contribution is 7.89. The number of anilines is 1. The molecule has 0 aliphatic rings. The summed E-state index contributed by atoms with van der Waals surface area (Å²) in [5.74, 6) is -0.313. The fraction of sp³-hybridized carbons (Fsp3) is 0.158. The van der Waals surface area contributed by atoms with Gasteiger partial charge in [0.1, 0.15) is 9.88 Å². The Labute approximate surface area is 162 Å². The number of amides is 1. The summed E-state index contributed by atoms with van der Waals surface area (Å²) < 4.78 is 25.7. The number of hydrogen-bond donors (Lipinski definition) is 1. The molecule has 0 saturated heterocycles. The molecular formula is C19H19N3O3S2. The smallest absolute Gasteiger partial charge is 0.267 e. The van der Waals surface area contributed by atoms with Crippen molar-refractivity contribution in [3.63, 3.8) is 0 Å². The van der Waals surface area contributed by atoms with E-state index in [0.29, 0.717) is 16.3 Å². The molecule has 1 aromatic heterocycles. The third-order valence-electron chi connectivity index (χ3n) is 3.89. The maximum Gasteiger partial charge on any atom is 0.267 e. The maximum absolute atomic E-state index is 12.7. The lowest BCUT2D eigenvalue weighted by atomic mass is 10.2. The van der Waals surface area contributed by atoms with Crippen LogP contribution in [-0.2, 0) is 10.0 Å². The van der Waals surface area contributed by atoms with Crippen LogP contribution in [0.25, 0.3) is 10.6 Å². The van der Waals surface area contributed by atoms with Crippen LogP contribution in [0.3, 0.4) is 0 Å². The number of nitrogens with zero attached hydrogens (tertiary/aromatic N) is 2. The highest BCUT2D eigenvalue weighted by atomic mass is 32.2. The maximum atomic E-state index is 12.7. The highest BCUT2D eigenvalue weighted by Gasteiger charge is 2.19. The van der Waals surface area contributed by atoms with Gasteiger partial charge in [0.25, 0.3) is 5.91 Å². The molecule has 1 heterocycles. The van der Waals surface area contributed by atoms with Crippen molar-refractivity contribution in [3.8, 4) is 10.6 Å². The second-order valence-electron chi connectivity index (χ2n) is 6.07. The number of sulfonamides is 1. The molecule has 0 aliphatic heterocycles. The lowest BCUT2D eigenvalue weighted by molar-refractivity contribution is 0.102. The van der Waals surface area contributed by atoms with E-state index in [1.807, 2.05) is 30.3 Å². The molecule has 3 aromatic rings. The van der Waals surface area contributed by atoms with Crippen LogP contribution in [0.5, 0.6) is 0 Å². The van der Waals surface area contributed by atoms with E-state index in [2.05, 4.69) is 10.3 Å². The summed E-state index contributed by atoms with van der Waals surface area (Å²) in [5, 5.41) is 3.53. The van der Waals surface area contributed by atoms with Crippen LogP contribution in [0.1, 0.15) is 15.4 Å². The fourth-order valence-electron chi connectivity index (χ4n) is 2.44. The molecule has 3 rings (SSSR count). The quantitative estimate of drug-likeness (QED) is 0.708. The van der Waals surface area contributed by atoms with Crippen LogP contribution in [0, 0.1) is 6.92 Å². The second-order valence-corrected chi connectivity index (χ2v) is 9.22. The van der Waals surface area contributed by atoms with Crippen LogP contribution >= 0.6 is 11.3 Å². The summed E-state index contributed by atoms with van der Waals surface area (Å²) >= 11 is 1.30. The minimum absolute atomic E-state index is 0.122. The fourth-order valence-corrected chi connectivity index (χ4v) is 4.36. The van der Waals surface area contributed by atoms with E-state index in [1.165, 1.54) is 37.6 Å². The molecule has 0 unspecified atom stereocenters. The van der Waals surface area contributed by atoms with Crippen molar-refractivity contribution in [2.24, 2.45) is 0 Å². The SMILES string of the molecule is Cc1nc(-c2ccccc2)sc1C(=O)Nc1cccc(S(=O)(=O)N(C)C)c1. The van der Waals surface area contributed by atoms with Gasteiger partial charge in [0, 0.05) is 25.3 Å². The number of aryl methyl sites for hydroxylation is 1. The molecule has 2 aromatic carbocycles. The number of carbonyl (C=O) groups excluding carboxylic acids is 1. The van der Waals surface area contributed by atoms with Crippen molar-refractivity contribution in [3.05, 3.63) is 65.2 Å². The molecule has 140 valence electrons. The second kappa shape index (κ2) is 7.59. The minimum Gasteiger partial charge on any atom is -0.321 e. The highest BCUT2D eigenvalue weighted by Crippen LogP contribution is 2.28.